The van der Waals surface area contributed by atoms with E-state index in [1.807, 2.05) is 30.0 Å². The number of carbonyl (C=O) groups excluding carboxylic acids is 1. The SMILES string of the molecule is CCOc1ccccc1CN1CCN(C(=O)c2ccc(Cl)cc2)CC1. The number of nitrogens with zero attached hydrogens (tertiary/aromatic N) is 2. The van der Waals surface area contributed by atoms with E-state index >= 15 is 0 Å². The van der Waals surface area contributed by atoms with Gasteiger partial charge in [-0.1, -0.05) is 29.8 Å². The highest BCUT2D eigenvalue weighted by Gasteiger charge is 2.22. The summed E-state index contributed by atoms with van der Waals surface area (Å²) in [7, 11) is 0. The minimum Gasteiger partial charge on any atom is -0.494 e. The first-order valence-corrected chi connectivity index (χ1v) is 9.03. The van der Waals surface area contributed by atoms with Gasteiger partial charge in [-0.05, 0) is 37.3 Å². The molecule has 2 aromatic carbocycles. The van der Waals surface area contributed by atoms with Gasteiger partial charge in [0.25, 0.3) is 5.91 Å². The summed E-state index contributed by atoms with van der Waals surface area (Å²) in [4.78, 5) is 16.8. The fraction of sp³-hybridized carbons (Fsp3) is 0.350. The summed E-state index contributed by atoms with van der Waals surface area (Å²) in [6, 6.07) is 15.3. The Labute approximate surface area is 154 Å². The Bertz CT molecular complexity index is 710. The van der Waals surface area contributed by atoms with Gasteiger partial charge >= 0.3 is 0 Å². The third-order valence-corrected chi connectivity index (χ3v) is 4.67. The molecule has 1 saturated heterocycles. The van der Waals surface area contributed by atoms with Gasteiger partial charge in [-0.3, -0.25) is 9.69 Å². The molecule has 2 aromatic rings. The lowest BCUT2D eigenvalue weighted by Crippen LogP contribution is -2.48. The molecule has 0 aromatic heterocycles. The first-order chi connectivity index (χ1) is 12.2. The van der Waals surface area contributed by atoms with Crippen molar-refractivity contribution in [3.8, 4) is 5.75 Å². The van der Waals surface area contributed by atoms with Crippen molar-refractivity contribution >= 4 is 17.5 Å². The van der Waals surface area contributed by atoms with E-state index in [0.29, 0.717) is 17.2 Å². The molecule has 0 aliphatic carbocycles. The maximum absolute atomic E-state index is 12.6. The van der Waals surface area contributed by atoms with E-state index in [1.165, 1.54) is 5.56 Å². The molecule has 0 radical (unpaired) electrons. The van der Waals surface area contributed by atoms with Gasteiger partial charge in [-0.15, -0.1) is 0 Å². The molecule has 0 unspecified atom stereocenters. The van der Waals surface area contributed by atoms with Crippen LogP contribution < -0.4 is 4.74 Å². The van der Waals surface area contributed by atoms with Crippen molar-refractivity contribution in [1.82, 2.24) is 9.80 Å². The van der Waals surface area contributed by atoms with Crippen LogP contribution in [0.5, 0.6) is 5.75 Å². The monoisotopic (exact) mass is 358 g/mol. The predicted molar refractivity (Wildman–Crippen MR) is 100 cm³/mol. The van der Waals surface area contributed by atoms with Crippen LogP contribution in [0.4, 0.5) is 0 Å². The molecule has 0 N–H and O–H groups in total. The van der Waals surface area contributed by atoms with E-state index < -0.39 is 0 Å². The molecule has 25 heavy (non-hydrogen) atoms. The van der Waals surface area contributed by atoms with Crippen LogP contribution in [0.3, 0.4) is 0 Å². The number of hydrogen-bond donors (Lipinski definition) is 0. The van der Waals surface area contributed by atoms with Crippen molar-refractivity contribution in [2.45, 2.75) is 13.5 Å². The Balaban J connectivity index is 1.57. The standard InChI is InChI=1S/C20H23ClN2O2/c1-2-25-19-6-4-3-5-17(19)15-22-11-13-23(14-12-22)20(24)16-7-9-18(21)10-8-16/h3-10H,2,11-15H2,1H3. The van der Waals surface area contributed by atoms with Gasteiger partial charge in [0.1, 0.15) is 5.75 Å². The highest BCUT2D eigenvalue weighted by Crippen LogP contribution is 2.21. The van der Waals surface area contributed by atoms with Gasteiger partial charge in [0.05, 0.1) is 6.61 Å². The molecule has 0 atom stereocenters. The summed E-state index contributed by atoms with van der Waals surface area (Å²) in [5.74, 6) is 1.02. The second-order valence-electron chi connectivity index (χ2n) is 6.12. The van der Waals surface area contributed by atoms with Gasteiger partial charge in [0.2, 0.25) is 0 Å². The number of amides is 1. The summed E-state index contributed by atoms with van der Waals surface area (Å²) in [5, 5.41) is 0.648. The summed E-state index contributed by atoms with van der Waals surface area (Å²) in [6.45, 7) is 6.70. The Hall–Kier alpha value is -2.04. The summed E-state index contributed by atoms with van der Waals surface area (Å²) >= 11 is 5.89. The van der Waals surface area contributed by atoms with Crippen LogP contribution >= 0.6 is 11.6 Å². The zero-order chi connectivity index (χ0) is 17.6. The fourth-order valence-electron chi connectivity index (χ4n) is 3.06. The molecular weight excluding hydrogens is 336 g/mol. The van der Waals surface area contributed by atoms with Gasteiger partial charge in [-0.25, -0.2) is 0 Å². The zero-order valence-electron chi connectivity index (χ0n) is 14.5. The fourth-order valence-corrected chi connectivity index (χ4v) is 3.18. The van der Waals surface area contributed by atoms with Crippen molar-refractivity contribution in [2.24, 2.45) is 0 Å². The minimum atomic E-state index is 0.0750. The average molecular weight is 359 g/mol. The van der Waals surface area contributed by atoms with Gasteiger partial charge in [-0.2, -0.15) is 0 Å². The van der Waals surface area contributed by atoms with E-state index in [0.717, 1.165) is 38.5 Å². The lowest BCUT2D eigenvalue weighted by Gasteiger charge is -2.35. The first kappa shape index (κ1) is 17.8. The van der Waals surface area contributed by atoms with E-state index in [1.54, 1.807) is 24.3 Å². The topological polar surface area (TPSA) is 32.8 Å². The first-order valence-electron chi connectivity index (χ1n) is 8.65. The normalized spacial score (nSPS) is 15.2. The molecule has 1 aliphatic heterocycles. The molecule has 5 heteroatoms. The van der Waals surface area contributed by atoms with E-state index in [2.05, 4.69) is 11.0 Å². The number of ether oxygens (including phenoxy) is 1. The van der Waals surface area contributed by atoms with E-state index in [9.17, 15) is 4.79 Å². The molecule has 1 aliphatic rings. The number of para-hydroxylation sites is 1. The second-order valence-corrected chi connectivity index (χ2v) is 6.55. The maximum atomic E-state index is 12.6. The molecule has 1 heterocycles. The van der Waals surface area contributed by atoms with Crippen LogP contribution in [0.15, 0.2) is 48.5 Å². The van der Waals surface area contributed by atoms with Crippen LogP contribution in [0.25, 0.3) is 0 Å². The zero-order valence-corrected chi connectivity index (χ0v) is 15.2. The average Bonchev–Trinajstić information content (AvgIpc) is 2.64. The van der Waals surface area contributed by atoms with Crippen molar-refractivity contribution in [2.75, 3.05) is 32.8 Å². The van der Waals surface area contributed by atoms with E-state index in [4.69, 9.17) is 16.3 Å². The highest BCUT2D eigenvalue weighted by molar-refractivity contribution is 6.30. The quantitative estimate of drug-likeness (QED) is 0.817. The van der Waals surface area contributed by atoms with Gasteiger partial charge < -0.3 is 9.64 Å². The maximum Gasteiger partial charge on any atom is 0.253 e. The molecular formula is C20H23ClN2O2. The number of halogens is 1. The highest BCUT2D eigenvalue weighted by atomic mass is 35.5. The largest absolute Gasteiger partial charge is 0.494 e. The smallest absolute Gasteiger partial charge is 0.253 e. The van der Waals surface area contributed by atoms with Gasteiger partial charge in [0.15, 0.2) is 0 Å². The summed E-state index contributed by atoms with van der Waals surface area (Å²) in [5.41, 5.74) is 1.89. The van der Waals surface area contributed by atoms with Crippen LogP contribution in [0.1, 0.15) is 22.8 Å². The van der Waals surface area contributed by atoms with Crippen molar-refractivity contribution in [1.29, 1.82) is 0 Å². The molecule has 0 bridgehead atoms. The lowest BCUT2D eigenvalue weighted by atomic mass is 10.1. The number of rotatable bonds is 5. The molecule has 0 saturated carbocycles. The molecule has 0 spiro atoms. The minimum absolute atomic E-state index is 0.0750. The van der Waals surface area contributed by atoms with Crippen molar-refractivity contribution < 1.29 is 9.53 Å². The third-order valence-electron chi connectivity index (χ3n) is 4.42. The summed E-state index contributed by atoms with van der Waals surface area (Å²) in [6.07, 6.45) is 0. The van der Waals surface area contributed by atoms with E-state index in [-0.39, 0.29) is 5.91 Å². The number of hydrogen-bond acceptors (Lipinski definition) is 3. The van der Waals surface area contributed by atoms with Crippen molar-refractivity contribution in [3.63, 3.8) is 0 Å². The van der Waals surface area contributed by atoms with Crippen LogP contribution in [-0.2, 0) is 6.54 Å². The molecule has 4 nitrogen and oxygen atoms in total. The molecule has 132 valence electrons. The molecule has 3 rings (SSSR count). The van der Waals surface area contributed by atoms with Crippen LogP contribution in [0.2, 0.25) is 5.02 Å². The number of benzene rings is 2. The van der Waals surface area contributed by atoms with Crippen molar-refractivity contribution in [3.05, 3.63) is 64.7 Å². The molecule has 1 fully saturated rings. The Kier molecular flexibility index (Phi) is 5.95. The Morgan fingerprint density at radius 1 is 1.04 bits per heavy atom. The number of piperazine rings is 1. The Morgan fingerprint density at radius 3 is 2.40 bits per heavy atom. The van der Waals surface area contributed by atoms with Crippen LogP contribution in [0, 0.1) is 0 Å². The predicted octanol–water partition coefficient (Wildman–Crippen LogP) is 3.70. The second kappa shape index (κ2) is 8.37. The number of carbonyl (C=O) groups is 1. The van der Waals surface area contributed by atoms with Crippen LogP contribution in [-0.4, -0.2) is 48.5 Å². The lowest BCUT2D eigenvalue weighted by molar-refractivity contribution is 0.0627. The molecule has 1 amide bonds. The Morgan fingerprint density at radius 2 is 1.72 bits per heavy atom. The van der Waals surface area contributed by atoms with Gasteiger partial charge in [0, 0.05) is 48.9 Å². The third kappa shape index (κ3) is 4.53. The summed E-state index contributed by atoms with van der Waals surface area (Å²) < 4.78 is 5.70.